The van der Waals surface area contributed by atoms with Crippen molar-refractivity contribution in [2.45, 2.75) is 6.61 Å². The van der Waals surface area contributed by atoms with E-state index in [2.05, 4.69) is 0 Å². The molecule has 2 rings (SSSR count). The average Bonchev–Trinajstić information content (AvgIpc) is 2.47. The molecule has 0 aliphatic rings. The second-order valence-electron chi connectivity index (χ2n) is 4.06. The third-order valence-corrected chi connectivity index (χ3v) is 2.99. The van der Waals surface area contributed by atoms with Crippen LogP contribution in [0.3, 0.4) is 0 Å². The van der Waals surface area contributed by atoms with Crippen LogP contribution in [0.2, 0.25) is 5.02 Å². The normalized spacial score (nSPS) is 10.2. The third kappa shape index (κ3) is 3.35. The molecule has 0 fully saturated rings. The number of hydrogen-bond acceptors (Lipinski definition) is 4. The van der Waals surface area contributed by atoms with Crippen LogP contribution in [0.1, 0.15) is 5.56 Å². The van der Waals surface area contributed by atoms with Gasteiger partial charge in [-0.3, -0.25) is 0 Å². The maximum absolute atomic E-state index is 9.32. The molecule has 4 nitrogen and oxygen atoms in total. The number of benzene rings is 2. The van der Waals surface area contributed by atoms with Crippen LogP contribution in [0.25, 0.3) is 0 Å². The maximum Gasteiger partial charge on any atom is 0.134 e. The summed E-state index contributed by atoms with van der Waals surface area (Å²) < 4.78 is 16.1. The molecule has 0 radical (unpaired) electrons. The molecule has 1 N–H and O–H groups in total. The van der Waals surface area contributed by atoms with Crippen molar-refractivity contribution in [3.8, 4) is 23.0 Å². The Balaban J connectivity index is 2.36. The number of aliphatic hydroxyl groups is 1. The Bertz CT molecular complexity index is 576. The average molecular weight is 295 g/mol. The number of rotatable bonds is 5. The van der Waals surface area contributed by atoms with Crippen LogP contribution in [-0.4, -0.2) is 19.3 Å². The van der Waals surface area contributed by atoms with Gasteiger partial charge in [-0.05, 0) is 12.1 Å². The van der Waals surface area contributed by atoms with Crippen LogP contribution < -0.4 is 14.2 Å². The quantitative estimate of drug-likeness (QED) is 0.914. The van der Waals surface area contributed by atoms with E-state index in [-0.39, 0.29) is 6.61 Å². The summed E-state index contributed by atoms with van der Waals surface area (Å²) in [5.74, 6) is 2.27. The molecule has 106 valence electrons. The van der Waals surface area contributed by atoms with Gasteiger partial charge in [0.1, 0.15) is 23.0 Å². The molecule has 0 aliphatic carbocycles. The highest BCUT2D eigenvalue weighted by molar-refractivity contribution is 6.30. The molecule has 2 aromatic carbocycles. The smallest absolute Gasteiger partial charge is 0.134 e. The van der Waals surface area contributed by atoms with E-state index in [1.54, 1.807) is 50.6 Å². The topological polar surface area (TPSA) is 47.9 Å². The zero-order valence-electron chi connectivity index (χ0n) is 11.2. The minimum Gasteiger partial charge on any atom is -0.496 e. The fourth-order valence-electron chi connectivity index (χ4n) is 1.72. The van der Waals surface area contributed by atoms with Crippen molar-refractivity contribution in [1.82, 2.24) is 0 Å². The first kappa shape index (κ1) is 14.5. The third-order valence-electron chi connectivity index (χ3n) is 2.75. The first-order valence-electron chi connectivity index (χ1n) is 5.96. The number of methoxy groups -OCH3 is 2. The van der Waals surface area contributed by atoms with Gasteiger partial charge in [-0.25, -0.2) is 0 Å². The molecule has 2 aromatic rings. The first-order chi connectivity index (χ1) is 9.66. The monoisotopic (exact) mass is 294 g/mol. The summed E-state index contributed by atoms with van der Waals surface area (Å²) in [4.78, 5) is 0. The lowest BCUT2D eigenvalue weighted by molar-refractivity contribution is 0.276. The summed E-state index contributed by atoms with van der Waals surface area (Å²) in [7, 11) is 3.13. The molecule has 0 spiro atoms. The molecular weight excluding hydrogens is 280 g/mol. The Labute approximate surface area is 122 Å². The van der Waals surface area contributed by atoms with Crippen molar-refractivity contribution in [2.75, 3.05) is 14.2 Å². The summed E-state index contributed by atoms with van der Waals surface area (Å²) in [5, 5.41) is 9.85. The molecule has 0 unspecified atom stereocenters. The molecule has 0 bridgehead atoms. The van der Waals surface area contributed by atoms with E-state index in [1.807, 2.05) is 0 Å². The summed E-state index contributed by atoms with van der Waals surface area (Å²) in [5.41, 5.74) is 0.649. The van der Waals surface area contributed by atoms with E-state index in [9.17, 15) is 5.11 Å². The van der Waals surface area contributed by atoms with Crippen molar-refractivity contribution in [3.05, 3.63) is 47.0 Å². The molecule has 0 saturated carbocycles. The Kier molecular flexibility index (Phi) is 4.71. The highest BCUT2D eigenvalue weighted by Gasteiger charge is 2.08. The summed E-state index contributed by atoms with van der Waals surface area (Å²) in [6.07, 6.45) is 0. The van der Waals surface area contributed by atoms with Gasteiger partial charge in [0.25, 0.3) is 0 Å². The number of halogens is 1. The van der Waals surface area contributed by atoms with E-state index >= 15 is 0 Å². The second kappa shape index (κ2) is 6.50. The zero-order chi connectivity index (χ0) is 14.5. The zero-order valence-corrected chi connectivity index (χ0v) is 12.0. The van der Waals surface area contributed by atoms with Crippen molar-refractivity contribution in [1.29, 1.82) is 0 Å². The van der Waals surface area contributed by atoms with Crippen molar-refractivity contribution >= 4 is 11.6 Å². The Hall–Kier alpha value is -1.91. The van der Waals surface area contributed by atoms with Crippen molar-refractivity contribution in [3.63, 3.8) is 0 Å². The minimum atomic E-state index is -0.131. The van der Waals surface area contributed by atoms with Crippen molar-refractivity contribution in [2.24, 2.45) is 0 Å². The van der Waals surface area contributed by atoms with E-state index < -0.39 is 0 Å². The molecular formula is C15H15ClO4. The van der Waals surface area contributed by atoms with Gasteiger partial charge >= 0.3 is 0 Å². The predicted octanol–water partition coefficient (Wildman–Crippen LogP) is 3.64. The highest BCUT2D eigenvalue weighted by Crippen LogP contribution is 2.33. The van der Waals surface area contributed by atoms with Crippen molar-refractivity contribution < 1.29 is 19.3 Å². The van der Waals surface area contributed by atoms with Gasteiger partial charge in [0, 0.05) is 28.8 Å². The largest absolute Gasteiger partial charge is 0.496 e. The molecule has 0 aromatic heterocycles. The van der Waals surface area contributed by atoms with E-state index in [0.717, 1.165) is 0 Å². The summed E-state index contributed by atoms with van der Waals surface area (Å²) in [6.45, 7) is -0.131. The number of ether oxygens (including phenoxy) is 3. The van der Waals surface area contributed by atoms with Gasteiger partial charge < -0.3 is 19.3 Å². The lowest BCUT2D eigenvalue weighted by Gasteiger charge is -2.12. The number of hydrogen-bond donors (Lipinski definition) is 1. The van der Waals surface area contributed by atoms with Crippen LogP contribution in [0.5, 0.6) is 23.0 Å². The highest BCUT2D eigenvalue weighted by atomic mass is 35.5. The van der Waals surface area contributed by atoms with Gasteiger partial charge in [0.15, 0.2) is 0 Å². The molecule has 0 atom stereocenters. The summed E-state index contributed by atoms with van der Waals surface area (Å²) in [6, 6.07) is 10.3. The predicted molar refractivity (Wildman–Crippen MR) is 77.0 cm³/mol. The van der Waals surface area contributed by atoms with E-state index in [4.69, 9.17) is 25.8 Å². The SMILES string of the molecule is COc1cc(OC)cc(Oc2cc(Cl)ccc2CO)c1. The van der Waals surface area contributed by atoms with Crippen LogP contribution in [0, 0.1) is 0 Å². The Morgan fingerprint density at radius 3 is 2.10 bits per heavy atom. The maximum atomic E-state index is 9.32. The molecule has 20 heavy (non-hydrogen) atoms. The number of aliphatic hydroxyl groups excluding tert-OH is 1. The molecule has 0 saturated heterocycles. The van der Waals surface area contributed by atoms with Crippen LogP contribution in [-0.2, 0) is 6.61 Å². The van der Waals surface area contributed by atoms with Gasteiger partial charge in [-0.2, -0.15) is 0 Å². The van der Waals surface area contributed by atoms with Gasteiger partial charge in [0.2, 0.25) is 0 Å². The van der Waals surface area contributed by atoms with Crippen LogP contribution in [0.4, 0.5) is 0 Å². The van der Waals surface area contributed by atoms with Crippen LogP contribution in [0.15, 0.2) is 36.4 Å². The lowest BCUT2D eigenvalue weighted by atomic mass is 10.2. The molecule has 0 amide bonds. The Morgan fingerprint density at radius 2 is 1.55 bits per heavy atom. The first-order valence-corrected chi connectivity index (χ1v) is 6.34. The molecule has 5 heteroatoms. The Morgan fingerprint density at radius 1 is 0.950 bits per heavy atom. The standard InChI is InChI=1S/C15H15ClO4/c1-18-12-6-13(19-2)8-14(7-12)20-15-5-11(16)4-3-10(15)9-17/h3-8,17H,9H2,1-2H3. The second-order valence-corrected chi connectivity index (χ2v) is 4.50. The van der Waals surface area contributed by atoms with Crippen LogP contribution >= 0.6 is 11.6 Å². The fraction of sp³-hybridized carbons (Fsp3) is 0.200. The van der Waals surface area contributed by atoms with Gasteiger partial charge in [0.05, 0.1) is 20.8 Å². The molecule has 0 aliphatic heterocycles. The lowest BCUT2D eigenvalue weighted by Crippen LogP contribution is -1.93. The summed E-state index contributed by atoms with van der Waals surface area (Å²) >= 11 is 5.95. The molecule has 0 heterocycles. The van der Waals surface area contributed by atoms with E-state index in [1.165, 1.54) is 0 Å². The fourth-order valence-corrected chi connectivity index (χ4v) is 1.88. The van der Waals surface area contributed by atoms with Gasteiger partial charge in [-0.1, -0.05) is 17.7 Å². The minimum absolute atomic E-state index is 0.131. The van der Waals surface area contributed by atoms with Gasteiger partial charge in [-0.15, -0.1) is 0 Å². The van der Waals surface area contributed by atoms with E-state index in [0.29, 0.717) is 33.6 Å².